The van der Waals surface area contributed by atoms with Crippen LogP contribution in [0.1, 0.15) is 5.56 Å². The topological polar surface area (TPSA) is 62.5 Å². The highest BCUT2D eigenvalue weighted by molar-refractivity contribution is 6.19. The first-order chi connectivity index (χ1) is 29.7. The van der Waals surface area contributed by atoms with Crippen LogP contribution in [0.25, 0.3) is 112 Å². The molecule has 0 N–H and O–H groups in total. The van der Waals surface area contributed by atoms with Gasteiger partial charge in [-0.05, 0) is 72.5 Å². The Morgan fingerprint density at radius 2 is 0.650 bits per heavy atom. The van der Waals surface area contributed by atoms with Crippen LogP contribution in [-0.4, -0.2) is 15.0 Å². The van der Waals surface area contributed by atoms with Crippen molar-refractivity contribution < 1.29 is 0 Å². The van der Waals surface area contributed by atoms with E-state index in [0.717, 1.165) is 61.2 Å². The quantitative estimate of drug-likeness (QED) is 0.162. The molecule has 0 atom stereocenters. The molecule has 0 spiro atoms. The van der Waals surface area contributed by atoms with Crippen molar-refractivity contribution in [2.45, 2.75) is 0 Å². The van der Waals surface area contributed by atoms with Gasteiger partial charge < -0.3 is 0 Å². The van der Waals surface area contributed by atoms with E-state index >= 15 is 0 Å². The summed E-state index contributed by atoms with van der Waals surface area (Å²) < 4.78 is 0. The van der Waals surface area contributed by atoms with Crippen molar-refractivity contribution in [1.82, 2.24) is 15.0 Å². The number of hydrogen-bond donors (Lipinski definition) is 0. The van der Waals surface area contributed by atoms with E-state index in [4.69, 9.17) is 15.0 Å². The van der Waals surface area contributed by atoms with Gasteiger partial charge in [0.15, 0.2) is 17.5 Å². The second-order valence-electron chi connectivity index (χ2n) is 15.0. The van der Waals surface area contributed by atoms with Crippen LogP contribution in [0.4, 0.5) is 0 Å². The first-order valence-electron chi connectivity index (χ1n) is 20.1. The molecule has 4 heteroatoms. The lowest BCUT2D eigenvalue weighted by atomic mass is 9.85. The van der Waals surface area contributed by atoms with Crippen LogP contribution in [0, 0.1) is 11.3 Å². The fourth-order valence-electron chi connectivity index (χ4n) is 8.85. The number of nitriles is 1. The van der Waals surface area contributed by atoms with E-state index in [1.165, 1.54) is 33.0 Å². The number of aromatic nitrogens is 3. The second-order valence-corrected chi connectivity index (χ2v) is 15.0. The minimum atomic E-state index is 0.588. The van der Waals surface area contributed by atoms with Gasteiger partial charge >= 0.3 is 0 Å². The van der Waals surface area contributed by atoms with Crippen LogP contribution in [0.3, 0.4) is 0 Å². The largest absolute Gasteiger partial charge is 0.208 e. The third-order valence-corrected chi connectivity index (χ3v) is 11.6. The van der Waals surface area contributed by atoms with Crippen molar-refractivity contribution in [2.24, 2.45) is 0 Å². The smallest absolute Gasteiger partial charge is 0.164 e. The van der Waals surface area contributed by atoms with Crippen molar-refractivity contribution in [3.63, 3.8) is 0 Å². The monoisotopic (exact) mass is 762 g/mol. The highest BCUT2D eigenvalue weighted by Crippen LogP contribution is 2.50. The molecule has 0 saturated carbocycles. The van der Waals surface area contributed by atoms with Gasteiger partial charge in [-0.25, -0.2) is 15.0 Å². The minimum absolute atomic E-state index is 0.588. The average Bonchev–Trinajstić information content (AvgIpc) is 3.66. The Labute approximate surface area is 348 Å². The van der Waals surface area contributed by atoms with Crippen molar-refractivity contribution in [2.75, 3.05) is 0 Å². The normalized spacial score (nSPS) is 11.3. The summed E-state index contributed by atoms with van der Waals surface area (Å²) in [7, 11) is 0. The zero-order chi connectivity index (χ0) is 40.0. The number of nitrogens with zero attached hydrogens (tertiary/aromatic N) is 4. The summed E-state index contributed by atoms with van der Waals surface area (Å²) in [5.74, 6) is 1.82. The third-order valence-electron chi connectivity index (χ3n) is 11.6. The van der Waals surface area contributed by atoms with E-state index in [0.29, 0.717) is 23.0 Å². The number of fused-ring (bicyclic) bond motifs is 3. The lowest BCUT2D eigenvalue weighted by Gasteiger charge is -2.18. The summed E-state index contributed by atoms with van der Waals surface area (Å²) >= 11 is 0. The lowest BCUT2D eigenvalue weighted by molar-refractivity contribution is 1.07. The number of rotatable bonds is 7. The van der Waals surface area contributed by atoms with E-state index in [1.54, 1.807) is 0 Å². The molecule has 1 heterocycles. The lowest BCUT2D eigenvalue weighted by Crippen LogP contribution is -2.00. The molecule has 0 bridgehead atoms. The van der Waals surface area contributed by atoms with Gasteiger partial charge in [0.1, 0.15) is 6.07 Å². The van der Waals surface area contributed by atoms with Gasteiger partial charge in [0.25, 0.3) is 0 Å². The summed E-state index contributed by atoms with van der Waals surface area (Å²) in [5, 5.41) is 13.5. The van der Waals surface area contributed by atoms with Gasteiger partial charge in [0.05, 0.1) is 5.56 Å². The number of benzene rings is 9. The maximum absolute atomic E-state index is 11.1. The minimum Gasteiger partial charge on any atom is -0.208 e. The van der Waals surface area contributed by atoms with Crippen LogP contribution in [0.2, 0.25) is 0 Å². The molecule has 0 unspecified atom stereocenters. The first-order valence-corrected chi connectivity index (χ1v) is 20.1. The first kappa shape index (κ1) is 34.9. The summed E-state index contributed by atoms with van der Waals surface area (Å²) in [6, 6.07) is 73.8. The molecule has 278 valence electrons. The third kappa shape index (κ3) is 5.88. The highest BCUT2D eigenvalue weighted by atomic mass is 15.0. The van der Waals surface area contributed by atoms with Gasteiger partial charge in [-0.15, -0.1) is 0 Å². The Kier molecular flexibility index (Phi) is 8.50. The second kappa shape index (κ2) is 14.6. The van der Waals surface area contributed by atoms with Crippen LogP contribution in [0.15, 0.2) is 206 Å². The fraction of sp³-hybridized carbons (Fsp3) is 0. The summed E-state index contributed by atoms with van der Waals surface area (Å²) in [5.41, 5.74) is 16.4. The van der Waals surface area contributed by atoms with Gasteiger partial charge in [0, 0.05) is 27.8 Å². The Bertz CT molecular complexity index is 3240. The fourth-order valence-corrected chi connectivity index (χ4v) is 8.85. The van der Waals surface area contributed by atoms with E-state index in [2.05, 4.69) is 133 Å². The highest BCUT2D eigenvalue weighted by Gasteiger charge is 2.24. The molecule has 0 radical (unpaired) electrons. The molecule has 10 aromatic rings. The maximum atomic E-state index is 11.1. The molecule has 0 aliphatic heterocycles. The molecular weight excluding hydrogens is 729 g/mol. The van der Waals surface area contributed by atoms with Gasteiger partial charge in [-0.1, -0.05) is 200 Å². The van der Waals surface area contributed by atoms with E-state index in [9.17, 15) is 5.26 Å². The summed E-state index contributed by atoms with van der Waals surface area (Å²) in [6.45, 7) is 0. The van der Waals surface area contributed by atoms with Gasteiger partial charge in [-0.3, -0.25) is 0 Å². The molecule has 0 amide bonds. The van der Waals surface area contributed by atoms with Crippen molar-refractivity contribution in [3.05, 3.63) is 212 Å². The van der Waals surface area contributed by atoms with Gasteiger partial charge in [-0.2, -0.15) is 5.26 Å². The van der Waals surface area contributed by atoms with Crippen molar-refractivity contribution in [3.8, 4) is 107 Å². The zero-order valence-corrected chi connectivity index (χ0v) is 32.4. The van der Waals surface area contributed by atoms with E-state index in [1.807, 2.05) is 78.9 Å². The molecule has 0 fully saturated rings. The average molecular weight is 763 g/mol. The molecule has 1 aliphatic carbocycles. The van der Waals surface area contributed by atoms with Gasteiger partial charge in [0.2, 0.25) is 0 Å². The predicted octanol–water partition coefficient (Wildman–Crippen LogP) is 14.2. The van der Waals surface area contributed by atoms with Crippen molar-refractivity contribution in [1.29, 1.82) is 5.26 Å². The summed E-state index contributed by atoms with van der Waals surface area (Å²) in [6.07, 6.45) is 0. The molecule has 0 saturated heterocycles. The van der Waals surface area contributed by atoms with Crippen LogP contribution in [0.5, 0.6) is 0 Å². The molecule has 11 rings (SSSR count). The Morgan fingerprint density at radius 3 is 1.23 bits per heavy atom. The molecule has 9 aromatic carbocycles. The summed E-state index contributed by atoms with van der Waals surface area (Å²) in [4.78, 5) is 14.9. The molecule has 4 nitrogen and oxygen atoms in total. The Balaban J connectivity index is 1.03. The standard InChI is InChI=1S/C56H34N4/c57-35-52-46(28-14-29-47(52)42-24-9-10-25-43(42)48-32-33-51-45-27-12-11-26-44(45)49-30-15-31-50(48)53(49)51)41-23-8-7-22-40(41)38-20-13-21-39(34-38)56-59-54(36-16-3-1-4-17-36)58-55(60-56)37-18-5-2-6-19-37/h1-34H. The predicted molar refractivity (Wildman–Crippen MR) is 245 cm³/mol. The van der Waals surface area contributed by atoms with Crippen LogP contribution < -0.4 is 0 Å². The van der Waals surface area contributed by atoms with E-state index < -0.39 is 0 Å². The molecule has 1 aliphatic rings. The number of hydrogen-bond acceptors (Lipinski definition) is 4. The van der Waals surface area contributed by atoms with Crippen LogP contribution in [-0.2, 0) is 0 Å². The maximum Gasteiger partial charge on any atom is 0.164 e. The Morgan fingerprint density at radius 1 is 0.283 bits per heavy atom. The SMILES string of the molecule is N#Cc1c(-c2ccccc2-c2cccc(-c3nc(-c4ccccc4)nc(-c4ccccc4)n3)c2)cccc1-c1ccccc1-c1ccc2c3c(cccc13)-c1ccccc1-2. The van der Waals surface area contributed by atoms with Crippen LogP contribution >= 0.6 is 0 Å². The Hall–Kier alpha value is -8.26. The molecule has 1 aromatic heterocycles. The molecule has 60 heavy (non-hydrogen) atoms. The van der Waals surface area contributed by atoms with Crippen molar-refractivity contribution >= 4 is 10.8 Å². The molecular formula is C56H34N4. The zero-order valence-electron chi connectivity index (χ0n) is 32.4. The van der Waals surface area contributed by atoms with E-state index in [-0.39, 0.29) is 0 Å².